The summed E-state index contributed by atoms with van der Waals surface area (Å²) in [5.41, 5.74) is 1.16. The van der Waals surface area contributed by atoms with Crippen LogP contribution in [0.5, 0.6) is 0 Å². The molecule has 0 radical (unpaired) electrons. The summed E-state index contributed by atoms with van der Waals surface area (Å²) in [7, 11) is 1.99. The molecule has 0 saturated carbocycles. The van der Waals surface area contributed by atoms with Crippen LogP contribution in [-0.4, -0.2) is 52.4 Å². The minimum atomic E-state index is 0.0718. The Morgan fingerprint density at radius 1 is 1.15 bits per heavy atom. The Kier molecular flexibility index (Phi) is 4.77. The van der Waals surface area contributed by atoms with Crippen LogP contribution < -0.4 is 0 Å². The second-order valence-electron chi connectivity index (χ2n) is 6.74. The predicted octanol–water partition coefficient (Wildman–Crippen LogP) is 1.15. The van der Waals surface area contributed by atoms with Crippen molar-refractivity contribution in [1.29, 1.82) is 0 Å². The highest BCUT2D eigenvalue weighted by Gasteiger charge is 2.37. The Bertz CT molecular complexity index is 844. The molecule has 0 aliphatic carbocycles. The number of hydrogen-bond donors (Lipinski definition) is 1. The molecule has 4 rings (SSSR count). The van der Waals surface area contributed by atoms with Crippen molar-refractivity contribution in [1.82, 2.24) is 34.7 Å². The summed E-state index contributed by atoms with van der Waals surface area (Å²) >= 11 is 0. The van der Waals surface area contributed by atoms with E-state index in [0.717, 1.165) is 30.1 Å². The lowest BCUT2D eigenvalue weighted by atomic mass is 10.2. The zero-order chi connectivity index (χ0) is 17.9. The second-order valence-corrected chi connectivity index (χ2v) is 6.74. The van der Waals surface area contributed by atoms with Gasteiger partial charge >= 0.3 is 0 Å². The van der Waals surface area contributed by atoms with Crippen molar-refractivity contribution in [2.45, 2.75) is 38.0 Å². The standard InChI is InChI=1S/C18H23N7O/c1-23-10-9-19-17(23)12-24-15(13-26)7-8-16(24)18-20-21-22-25(18)11-14-5-3-2-4-6-14/h2-6,9-10,15-16,26H,7-8,11-13H2,1H3/t15-,16-/m0/s1. The molecule has 0 spiro atoms. The molecular formula is C18H23N7O. The van der Waals surface area contributed by atoms with Gasteiger partial charge < -0.3 is 9.67 Å². The Hall–Kier alpha value is -2.58. The molecule has 1 saturated heterocycles. The first kappa shape index (κ1) is 16.9. The van der Waals surface area contributed by atoms with Gasteiger partial charge in [0.15, 0.2) is 5.82 Å². The molecule has 1 aliphatic rings. The van der Waals surface area contributed by atoms with Crippen LogP contribution in [-0.2, 0) is 20.1 Å². The minimum Gasteiger partial charge on any atom is -0.395 e. The summed E-state index contributed by atoms with van der Waals surface area (Å²) in [6.07, 6.45) is 5.58. The van der Waals surface area contributed by atoms with E-state index < -0.39 is 0 Å². The Balaban J connectivity index is 1.60. The van der Waals surface area contributed by atoms with Gasteiger partial charge in [-0.05, 0) is 28.8 Å². The maximum atomic E-state index is 9.83. The highest BCUT2D eigenvalue weighted by molar-refractivity contribution is 5.15. The molecule has 1 aliphatic heterocycles. The fraction of sp³-hybridized carbons (Fsp3) is 0.444. The summed E-state index contributed by atoms with van der Waals surface area (Å²) in [5.74, 6) is 1.82. The molecule has 1 fully saturated rings. The van der Waals surface area contributed by atoms with Gasteiger partial charge in [0, 0.05) is 25.5 Å². The number of nitrogens with zero attached hydrogens (tertiary/aromatic N) is 7. The number of hydrogen-bond acceptors (Lipinski definition) is 6. The molecule has 26 heavy (non-hydrogen) atoms. The summed E-state index contributed by atoms with van der Waals surface area (Å²) in [4.78, 5) is 6.71. The van der Waals surface area contributed by atoms with Crippen LogP contribution in [0.3, 0.4) is 0 Å². The third-order valence-corrected chi connectivity index (χ3v) is 5.13. The van der Waals surface area contributed by atoms with Crippen molar-refractivity contribution in [2.75, 3.05) is 6.61 Å². The topological polar surface area (TPSA) is 84.9 Å². The molecular weight excluding hydrogens is 330 g/mol. The monoisotopic (exact) mass is 353 g/mol. The van der Waals surface area contributed by atoms with Crippen molar-refractivity contribution in [3.8, 4) is 0 Å². The normalized spacial score (nSPS) is 20.7. The number of tetrazole rings is 1. The molecule has 8 heteroatoms. The molecule has 2 atom stereocenters. The Morgan fingerprint density at radius 2 is 2.00 bits per heavy atom. The van der Waals surface area contributed by atoms with Crippen molar-refractivity contribution >= 4 is 0 Å². The van der Waals surface area contributed by atoms with Crippen LogP contribution in [0.25, 0.3) is 0 Å². The number of aryl methyl sites for hydroxylation is 1. The SMILES string of the molecule is Cn1ccnc1CN1[C@H](CO)CC[C@H]1c1nnnn1Cc1ccccc1. The third-order valence-electron chi connectivity index (χ3n) is 5.13. The van der Waals surface area contributed by atoms with E-state index in [0.29, 0.717) is 13.1 Å². The van der Waals surface area contributed by atoms with Gasteiger partial charge in [0.05, 0.1) is 25.7 Å². The van der Waals surface area contributed by atoms with E-state index >= 15 is 0 Å². The van der Waals surface area contributed by atoms with Gasteiger partial charge in [0.1, 0.15) is 5.82 Å². The highest BCUT2D eigenvalue weighted by atomic mass is 16.3. The smallest absolute Gasteiger partial charge is 0.168 e. The second kappa shape index (κ2) is 7.35. The molecule has 1 N–H and O–H groups in total. The quantitative estimate of drug-likeness (QED) is 0.716. The number of rotatable bonds is 6. The molecule has 1 aromatic carbocycles. The maximum absolute atomic E-state index is 9.83. The van der Waals surface area contributed by atoms with E-state index in [1.54, 1.807) is 6.20 Å². The average molecular weight is 353 g/mol. The molecule has 8 nitrogen and oxygen atoms in total. The first-order valence-electron chi connectivity index (χ1n) is 8.89. The fourth-order valence-electron chi connectivity index (χ4n) is 3.68. The van der Waals surface area contributed by atoms with Crippen LogP contribution in [0.1, 0.15) is 36.1 Å². The number of aliphatic hydroxyl groups excluding tert-OH is 1. The number of aromatic nitrogens is 6. The van der Waals surface area contributed by atoms with Crippen LogP contribution in [0.15, 0.2) is 42.7 Å². The summed E-state index contributed by atoms with van der Waals surface area (Å²) < 4.78 is 3.88. The van der Waals surface area contributed by atoms with Gasteiger partial charge in [-0.15, -0.1) is 5.10 Å². The number of likely N-dealkylation sites (tertiary alicyclic amines) is 1. The van der Waals surface area contributed by atoms with Gasteiger partial charge in [-0.25, -0.2) is 9.67 Å². The van der Waals surface area contributed by atoms with Crippen LogP contribution in [0, 0.1) is 0 Å². The lowest BCUT2D eigenvalue weighted by Crippen LogP contribution is -2.35. The molecule has 3 aromatic rings. The molecule has 0 unspecified atom stereocenters. The molecule has 0 bridgehead atoms. The van der Waals surface area contributed by atoms with Crippen LogP contribution >= 0.6 is 0 Å². The summed E-state index contributed by atoms with van der Waals surface area (Å²) in [6.45, 7) is 1.43. The molecule has 136 valence electrons. The van der Waals surface area contributed by atoms with Crippen molar-refractivity contribution < 1.29 is 5.11 Å². The van der Waals surface area contributed by atoms with Gasteiger partial charge in [-0.3, -0.25) is 4.90 Å². The lowest BCUT2D eigenvalue weighted by molar-refractivity contribution is 0.113. The van der Waals surface area contributed by atoms with E-state index in [-0.39, 0.29) is 18.7 Å². The fourth-order valence-corrected chi connectivity index (χ4v) is 3.68. The van der Waals surface area contributed by atoms with Gasteiger partial charge in [-0.2, -0.15) is 0 Å². The lowest BCUT2D eigenvalue weighted by Gasteiger charge is -2.28. The van der Waals surface area contributed by atoms with Gasteiger partial charge in [0.25, 0.3) is 0 Å². The molecule has 3 heterocycles. The molecule has 0 amide bonds. The first-order valence-corrected chi connectivity index (χ1v) is 8.89. The van der Waals surface area contributed by atoms with Crippen molar-refractivity contribution in [2.24, 2.45) is 7.05 Å². The number of benzene rings is 1. The zero-order valence-electron chi connectivity index (χ0n) is 14.8. The van der Waals surface area contributed by atoms with Crippen LogP contribution in [0.4, 0.5) is 0 Å². The van der Waals surface area contributed by atoms with E-state index in [9.17, 15) is 5.11 Å². The van der Waals surface area contributed by atoms with Crippen LogP contribution in [0.2, 0.25) is 0 Å². The van der Waals surface area contributed by atoms with Gasteiger partial charge in [-0.1, -0.05) is 30.3 Å². The van der Waals surface area contributed by atoms with Crippen molar-refractivity contribution in [3.05, 3.63) is 59.9 Å². The predicted molar refractivity (Wildman–Crippen MR) is 95.0 cm³/mol. The number of imidazole rings is 1. The zero-order valence-corrected chi connectivity index (χ0v) is 14.8. The summed E-state index contributed by atoms with van der Waals surface area (Å²) in [6, 6.07) is 10.3. The van der Waals surface area contributed by atoms with E-state index in [2.05, 4.69) is 37.5 Å². The van der Waals surface area contributed by atoms with Crippen molar-refractivity contribution in [3.63, 3.8) is 0 Å². The van der Waals surface area contributed by atoms with E-state index in [4.69, 9.17) is 0 Å². The van der Waals surface area contributed by atoms with E-state index in [1.807, 2.05) is 40.7 Å². The first-order chi connectivity index (χ1) is 12.8. The van der Waals surface area contributed by atoms with Gasteiger partial charge in [0.2, 0.25) is 0 Å². The maximum Gasteiger partial charge on any atom is 0.168 e. The third kappa shape index (κ3) is 3.25. The highest BCUT2D eigenvalue weighted by Crippen LogP contribution is 2.36. The molecule has 2 aromatic heterocycles. The minimum absolute atomic E-state index is 0.0718. The Labute approximate surface area is 152 Å². The largest absolute Gasteiger partial charge is 0.395 e. The average Bonchev–Trinajstić information content (AvgIpc) is 3.37. The van der Waals surface area contributed by atoms with E-state index in [1.165, 1.54) is 0 Å². The Morgan fingerprint density at radius 3 is 2.73 bits per heavy atom. The summed E-state index contributed by atoms with van der Waals surface area (Å²) in [5, 5.41) is 22.3. The number of aliphatic hydroxyl groups is 1.